The molecule has 2 aliphatic heterocycles. The van der Waals surface area contributed by atoms with Gasteiger partial charge in [0.25, 0.3) is 0 Å². The lowest BCUT2D eigenvalue weighted by Gasteiger charge is -2.22. The van der Waals surface area contributed by atoms with Crippen LogP contribution in [0.5, 0.6) is 0 Å². The van der Waals surface area contributed by atoms with Crippen molar-refractivity contribution in [2.45, 2.75) is 44.1 Å². The number of halogens is 2. The van der Waals surface area contributed by atoms with Gasteiger partial charge in [-0.1, -0.05) is 0 Å². The Morgan fingerprint density at radius 3 is 2.95 bits per heavy atom. The molecule has 3 unspecified atom stereocenters. The van der Waals surface area contributed by atoms with Crippen molar-refractivity contribution >= 4 is 57.2 Å². The van der Waals surface area contributed by atoms with Crippen molar-refractivity contribution in [3.63, 3.8) is 0 Å². The van der Waals surface area contributed by atoms with E-state index < -0.39 is 0 Å². The topological polar surface area (TPSA) is 45.7 Å². The van der Waals surface area contributed by atoms with E-state index in [1.807, 2.05) is 7.05 Å². The first kappa shape index (κ1) is 16.5. The Balaban J connectivity index is 0.00000147. The molecule has 0 spiro atoms. The molecule has 0 aliphatic carbocycles. The van der Waals surface area contributed by atoms with Crippen molar-refractivity contribution in [3.05, 3.63) is 20.8 Å². The smallest absolute Gasteiger partial charge is 0.191 e. The third kappa shape index (κ3) is 3.86. The van der Waals surface area contributed by atoms with Crippen LogP contribution in [-0.4, -0.2) is 31.3 Å². The molecule has 0 radical (unpaired) electrons. The zero-order chi connectivity index (χ0) is 13.2. The van der Waals surface area contributed by atoms with Gasteiger partial charge in [0.1, 0.15) is 0 Å². The molecular weight excluding hydrogens is 453 g/mol. The molecule has 0 saturated carbocycles. The molecule has 1 aromatic rings. The van der Waals surface area contributed by atoms with Gasteiger partial charge in [-0.05, 0) is 52.2 Å². The summed E-state index contributed by atoms with van der Waals surface area (Å²) in [5, 5.41) is 8.98. The van der Waals surface area contributed by atoms with Gasteiger partial charge in [-0.2, -0.15) is 0 Å². The zero-order valence-electron chi connectivity index (χ0n) is 11.3. The van der Waals surface area contributed by atoms with Gasteiger partial charge in [-0.3, -0.25) is 4.99 Å². The Morgan fingerprint density at radius 2 is 2.40 bits per heavy atom. The molecule has 3 atom stereocenters. The number of nitrogens with one attached hydrogen (secondary N) is 2. The summed E-state index contributed by atoms with van der Waals surface area (Å²) >= 11 is 5.18. The number of ether oxygens (including phenoxy) is 1. The van der Waals surface area contributed by atoms with Crippen LogP contribution in [0.3, 0.4) is 0 Å². The number of thiophene rings is 1. The van der Waals surface area contributed by atoms with Gasteiger partial charge >= 0.3 is 0 Å². The van der Waals surface area contributed by atoms with E-state index in [2.05, 4.69) is 43.0 Å². The largest absolute Gasteiger partial charge is 0.373 e. The summed E-state index contributed by atoms with van der Waals surface area (Å²) in [7, 11) is 1.81. The standard InChI is InChI=1S/C13H18BrN3OS.HI/c1-15-13(16-6-8-4-12(14)19-7-8)17-10-5-9-2-3-11(10)18-9;/h4,7,9-11H,2-3,5-6H2,1H3,(H2,15,16,17);1H. The first-order valence-corrected chi connectivity index (χ1v) is 8.27. The Kier molecular flexibility index (Phi) is 6.12. The molecule has 2 saturated heterocycles. The molecule has 20 heavy (non-hydrogen) atoms. The van der Waals surface area contributed by atoms with Crippen molar-refractivity contribution in [1.82, 2.24) is 10.6 Å². The Morgan fingerprint density at radius 1 is 1.55 bits per heavy atom. The lowest BCUT2D eigenvalue weighted by molar-refractivity contribution is 0.0992. The molecule has 0 amide bonds. The van der Waals surface area contributed by atoms with Crippen molar-refractivity contribution in [2.24, 2.45) is 4.99 Å². The molecular formula is C13H19BrIN3OS. The quantitative estimate of drug-likeness (QED) is 0.404. The van der Waals surface area contributed by atoms with Gasteiger partial charge in [0.15, 0.2) is 5.96 Å². The summed E-state index contributed by atoms with van der Waals surface area (Å²) in [6, 6.07) is 2.55. The molecule has 3 rings (SSSR count). The average molecular weight is 472 g/mol. The molecule has 4 nitrogen and oxygen atoms in total. The normalized spacial score (nSPS) is 28.3. The first-order chi connectivity index (χ1) is 9.24. The highest BCUT2D eigenvalue weighted by molar-refractivity contribution is 14.0. The van der Waals surface area contributed by atoms with E-state index in [0.717, 1.165) is 22.7 Å². The lowest BCUT2D eigenvalue weighted by atomic mass is 9.96. The van der Waals surface area contributed by atoms with Gasteiger partial charge in [-0.25, -0.2) is 0 Å². The average Bonchev–Trinajstić information content (AvgIpc) is 3.11. The van der Waals surface area contributed by atoms with Crippen LogP contribution in [-0.2, 0) is 11.3 Å². The van der Waals surface area contributed by atoms with Crippen LogP contribution >= 0.6 is 51.2 Å². The summed E-state index contributed by atoms with van der Waals surface area (Å²) < 4.78 is 7.01. The molecule has 2 aliphatic rings. The van der Waals surface area contributed by atoms with Crippen molar-refractivity contribution in [1.29, 1.82) is 0 Å². The fraction of sp³-hybridized carbons (Fsp3) is 0.615. The summed E-state index contributed by atoms with van der Waals surface area (Å²) in [6.45, 7) is 0.795. The third-order valence-corrected chi connectivity index (χ3v) is 5.29. The van der Waals surface area contributed by atoms with E-state index in [1.165, 1.54) is 18.4 Å². The van der Waals surface area contributed by atoms with Crippen LogP contribution in [0.15, 0.2) is 20.2 Å². The van der Waals surface area contributed by atoms with E-state index in [1.54, 1.807) is 11.3 Å². The second-order valence-electron chi connectivity index (χ2n) is 5.05. The Labute approximate surface area is 148 Å². The monoisotopic (exact) mass is 471 g/mol. The molecule has 112 valence electrons. The predicted molar refractivity (Wildman–Crippen MR) is 97.1 cm³/mol. The molecule has 0 aromatic carbocycles. The van der Waals surface area contributed by atoms with Gasteiger partial charge in [0.05, 0.1) is 22.0 Å². The maximum atomic E-state index is 5.85. The minimum Gasteiger partial charge on any atom is -0.373 e. The van der Waals surface area contributed by atoms with Gasteiger partial charge < -0.3 is 15.4 Å². The highest BCUT2D eigenvalue weighted by Crippen LogP contribution is 2.34. The van der Waals surface area contributed by atoms with Crippen LogP contribution < -0.4 is 10.6 Å². The first-order valence-electron chi connectivity index (χ1n) is 6.60. The van der Waals surface area contributed by atoms with Crippen LogP contribution in [0.1, 0.15) is 24.8 Å². The van der Waals surface area contributed by atoms with Crippen molar-refractivity contribution in [3.8, 4) is 0 Å². The van der Waals surface area contributed by atoms with Gasteiger partial charge in [-0.15, -0.1) is 35.3 Å². The summed E-state index contributed by atoms with van der Waals surface area (Å²) in [6.07, 6.45) is 4.34. The minimum atomic E-state index is 0. The van der Waals surface area contributed by atoms with Crippen LogP contribution in [0.4, 0.5) is 0 Å². The number of aliphatic imine (C=N–C) groups is 1. The maximum absolute atomic E-state index is 5.85. The van der Waals surface area contributed by atoms with E-state index in [4.69, 9.17) is 4.74 Å². The van der Waals surface area contributed by atoms with Crippen LogP contribution in [0.25, 0.3) is 0 Å². The summed E-state index contributed by atoms with van der Waals surface area (Å²) in [5.41, 5.74) is 1.27. The molecule has 2 N–H and O–H groups in total. The summed E-state index contributed by atoms with van der Waals surface area (Å²) in [5.74, 6) is 0.864. The highest BCUT2D eigenvalue weighted by atomic mass is 127. The molecule has 7 heteroatoms. The van der Waals surface area contributed by atoms with Gasteiger partial charge in [0.2, 0.25) is 0 Å². The fourth-order valence-corrected chi connectivity index (χ4v) is 3.99. The maximum Gasteiger partial charge on any atom is 0.191 e. The minimum absolute atomic E-state index is 0. The van der Waals surface area contributed by atoms with Crippen molar-refractivity contribution < 1.29 is 4.74 Å². The van der Waals surface area contributed by atoms with E-state index in [9.17, 15) is 0 Å². The fourth-order valence-electron chi connectivity index (χ4n) is 2.78. The number of hydrogen-bond donors (Lipinski definition) is 2. The molecule has 2 fully saturated rings. The zero-order valence-corrected chi connectivity index (χ0v) is 16.0. The summed E-state index contributed by atoms with van der Waals surface area (Å²) in [4.78, 5) is 4.29. The Hall–Kier alpha value is 0.140. The van der Waals surface area contributed by atoms with E-state index in [-0.39, 0.29) is 24.0 Å². The molecule has 2 bridgehead atoms. The highest BCUT2D eigenvalue weighted by Gasteiger charge is 2.41. The third-order valence-electron chi connectivity index (χ3n) is 3.73. The SMILES string of the molecule is CN=C(NCc1csc(Br)c1)NC1CC2CCC1O2.I. The van der Waals surface area contributed by atoms with E-state index in [0.29, 0.717) is 18.2 Å². The lowest BCUT2D eigenvalue weighted by Crippen LogP contribution is -2.47. The number of fused-ring (bicyclic) bond motifs is 2. The number of rotatable bonds is 3. The number of nitrogens with zero attached hydrogens (tertiary/aromatic N) is 1. The number of hydrogen-bond acceptors (Lipinski definition) is 3. The van der Waals surface area contributed by atoms with E-state index >= 15 is 0 Å². The molecule has 1 aromatic heterocycles. The predicted octanol–water partition coefficient (Wildman–Crippen LogP) is 3.11. The van der Waals surface area contributed by atoms with Crippen LogP contribution in [0.2, 0.25) is 0 Å². The van der Waals surface area contributed by atoms with Crippen molar-refractivity contribution in [2.75, 3.05) is 7.05 Å². The Bertz CT molecular complexity index is 482. The second kappa shape index (κ2) is 7.42. The van der Waals surface area contributed by atoms with Gasteiger partial charge in [0, 0.05) is 13.6 Å². The number of guanidine groups is 1. The van der Waals surface area contributed by atoms with Crippen LogP contribution in [0, 0.1) is 0 Å². The second-order valence-corrected chi connectivity index (χ2v) is 7.34. The molecule has 3 heterocycles.